The van der Waals surface area contributed by atoms with Crippen LogP contribution in [0.15, 0.2) is 53.4 Å². The molecule has 9 nitrogen and oxygen atoms in total. The maximum Gasteiger partial charge on any atom is 0.240 e. The van der Waals surface area contributed by atoms with Crippen molar-refractivity contribution in [2.75, 3.05) is 37.0 Å². The molecule has 2 aromatic rings. The van der Waals surface area contributed by atoms with E-state index >= 15 is 0 Å². The van der Waals surface area contributed by atoms with Crippen molar-refractivity contribution in [3.05, 3.63) is 48.5 Å². The summed E-state index contributed by atoms with van der Waals surface area (Å²) in [4.78, 5) is 26.9. The maximum absolute atomic E-state index is 12.7. The van der Waals surface area contributed by atoms with Crippen molar-refractivity contribution in [2.45, 2.75) is 30.3 Å². The second kappa shape index (κ2) is 9.90. The lowest BCUT2D eigenvalue weighted by molar-refractivity contribution is -0.122. The van der Waals surface area contributed by atoms with Crippen molar-refractivity contribution in [3.8, 4) is 5.75 Å². The molecule has 4 rings (SSSR count). The van der Waals surface area contributed by atoms with Crippen LogP contribution < -0.4 is 19.7 Å². The van der Waals surface area contributed by atoms with Crippen LogP contribution in [0.3, 0.4) is 0 Å². The van der Waals surface area contributed by atoms with Crippen LogP contribution in [-0.4, -0.2) is 53.1 Å². The van der Waals surface area contributed by atoms with Gasteiger partial charge < -0.3 is 19.7 Å². The molecule has 2 atom stereocenters. The number of hydrogen-bond donors (Lipinski definition) is 2. The first kappa shape index (κ1) is 23.2. The van der Waals surface area contributed by atoms with E-state index in [2.05, 4.69) is 10.0 Å². The lowest BCUT2D eigenvalue weighted by Gasteiger charge is -2.17. The first-order valence-corrected chi connectivity index (χ1v) is 12.3. The molecule has 2 aliphatic heterocycles. The van der Waals surface area contributed by atoms with Crippen LogP contribution in [0.25, 0.3) is 0 Å². The molecule has 0 unspecified atom stereocenters. The molecule has 2 N–H and O–H groups in total. The van der Waals surface area contributed by atoms with E-state index in [9.17, 15) is 18.0 Å². The number of rotatable bonds is 8. The summed E-state index contributed by atoms with van der Waals surface area (Å²) >= 11 is 0. The van der Waals surface area contributed by atoms with Gasteiger partial charge in [-0.1, -0.05) is 6.07 Å². The van der Waals surface area contributed by atoms with Crippen molar-refractivity contribution in [1.29, 1.82) is 0 Å². The molecule has 2 fully saturated rings. The van der Waals surface area contributed by atoms with Crippen LogP contribution in [-0.2, 0) is 24.3 Å². The normalized spacial score (nSPS) is 20.8. The smallest absolute Gasteiger partial charge is 0.240 e. The Morgan fingerprint density at radius 3 is 2.70 bits per heavy atom. The second-order valence-corrected chi connectivity index (χ2v) is 9.87. The average molecular weight is 474 g/mol. The van der Waals surface area contributed by atoms with Crippen LogP contribution in [0.5, 0.6) is 5.75 Å². The topological polar surface area (TPSA) is 114 Å². The monoisotopic (exact) mass is 473 g/mol. The van der Waals surface area contributed by atoms with Gasteiger partial charge in [0.2, 0.25) is 21.8 Å². The van der Waals surface area contributed by atoms with E-state index in [4.69, 9.17) is 9.47 Å². The minimum Gasteiger partial charge on any atom is -0.497 e. The van der Waals surface area contributed by atoms with E-state index in [1.165, 1.54) is 24.3 Å². The predicted octanol–water partition coefficient (Wildman–Crippen LogP) is 2.14. The summed E-state index contributed by atoms with van der Waals surface area (Å²) in [6, 6.07) is 13.1. The number of nitrogens with zero attached hydrogens (tertiary/aromatic N) is 1. The quantitative estimate of drug-likeness (QED) is 0.607. The minimum atomic E-state index is -3.66. The van der Waals surface area contributed by atoms with E-state index in [0.717, 1.165) is 12.8 Å². The van der Waals surface area contributed by atoms with Gasteiger partial charge in [-0.2, -0.15) is 0 Å². The lowest BCUT2D eigenvalue weighted by Crippen LogP contribution is -2.31. The molecule has 176 valence electrons. The zero-order chi connectivity index (χ0) is 23.4. The number of ether oxygens (including phenoxy) is 2. The third kappa shape index (κ3) is 5.52. The summed E-state index contributed by atoms with van der Waals surface area (Å²) in [7, 11) is -2.11. The van der Waals surface area contributed by atoms with Gasteiger partial charge in [0.05, 0.1) is 24.0 Å². The molecule has 2 heterocycles. The first-order valence-electron chi connectivity index (χ1n) is 10.8. The minimum absolute atomic E-state index is 0.0935. The second-order valence-electron chi connectivity index (χ2n) is 8.11. The van der Waals surface area contributed by atoms with Crippen LogP contribution in [0.2, 0.25) is 0 Å². The third-order valence-corrected chi connectivity index (χ3v) is 7.26. The lowest BCUT2D eigenvalue weighted by atomic mass is 10.1. The fraction of sp³-hybridized carbons (Fsp3) is 0.391. The van der Waals surface area contributed by atoms with E-state index in [0.29, 0.717) is 23.7 Å². The van der Waals surface area contributed by atoms with E-state index in [-0.39, 0.29) is 42.3 Å². The molecule has 2 aromatic carbocycles. The summed E-state index contributed by atoms with van der Waals surface area (Å²) in [5.41, 5.74) is 1.14. The highest BCUT2D eigenvalue weighted by Crippen LogP contribution is 2.28. The molecule has 0 aromatic heterocycles. The van der Waals surface area contributed by atoms with E-state index in [1.54, 1.807) is 36.3 Å². The zero-order valence-electron chi connectivity index (χ0n) is 18.3. The molecule has 0 bridgehead atoms. The highest BCUT2D eigenvalue weighted by molar-refractivity contribution is 7.89. The third-order valence-electron chi connectivity index (χ3n) is 5.82. The fourth-order valence-electron chi connectivity index (χ4n) is 3.96. The number of anilines is 2. The van der Waals surface area contributed by atoms with Crippen molar-refractivity contribution >= 4 is 33.2 Å². The van der Waals surface area contributed by atoms with Gasteiger partial charge in [-0.15, -0.1) is 0 Å². The molecule has 33 heavy (non-hydrogen) atoms. The van der Waals surface area contributed by atoms with Gasteiger partial charge in [0.1, 0.15) is 5.75 Å². The summed E-state index contributed by atoms with van der Waals surface area (Å²) in [6.45, 7) is 1.16. The number of benzene rings is 2. The SMILES string of the molecule is COc1cccc(N2C[C@H](C(=O)Nc3ccc(S(=O)(=O)NC[C@@H]4CCCO4)cc3)CC2=O)c1. The van der Waals surface area contributed by atoms with Crippen molar-refractivity contribution < 1.29 is 27.5 Å². The molecule has 0 saturated carbocycles. The van der Waals surface area contributed by atoms with Gasteiger partial charge in [-0.25, -0.2) is 13.1 Å². The Hall–Kier alpha value is -2.95. The number of methoxy groups -OCH3 is 1. The Labute approximate surface area is 193 Å². The van der Waals surface area contributed by atoms with Gasteiger partial charge in [0, 0.05) is 43.6 Å². The number of carbonyl (C=O) groups is 2. The van der Waals surface area contributed by atoms with Crippen LogP contribution >= 0.6 is 0 Å². The number of nitrogens with one attached hydrogen (secondary N) is 2. The standard InChI is InChI=1S/C23H27N3O6S/c1-31-19-5-2-4-18(13-19)26-15-16(12-22(26)27)23(28)25-17-7-9-21(10-8-17)33(29,30)24-14-20-6-3-11-32-20/h2,4-5,7-10,13,16,20,24H,3,6,11-12,14-15H2,1H3,(H,25,28)/t16-,20+/m1/s1. The molecule has 0 spiro atoms. The summed E-state index contributed by atoms with van der Waals surface area (Å²) < 4.78 is 38.2. The number of hydrogen-bond acceptors (Lipinski definition) is 6. The largest absolute Gasteiger partial charge is 0.497 e. The molecular formula is C23H27N3O6S. The van der Waals surface area contributed by atoms with Gasteiger partial charge >= 0.3 is 0 Å². The van der Waals surface area contributed by atoms with Gasteiger partial charge in [0.25, 0.3) is 0 Å². The first-order chi connectivity index (χ1) is 15.9. The molecule has 0 radical (unpaired) electrons. The summed E-state index contributed by atoms with van der Waals surface area (Å²) in [6.07, 6.45) is 1.78. The Morgan fingerprint density at radius 1 is 1.21 bits per heavy atom. The fourth-order valence-corrected chi connectivity index (χ4v) is 5.03. The number of amides is 2. The van der Waals surface area contributed by atoms with E-state index < -0.39 is 15.9 Å². The van der Waals surface area contributed by atoms with Crippen molar-refractivity contribution in [3.63, 3.8) is 0 Å². The number of sulfonamides is 1. The molecule has 2 aliphatic rings. The Balaban J connectivity index is 1.35. The van der Waals surface area contributed by atoms with Crippen molar-refractivity contribution in [2.24, 2.45) is 5.92 Å². The maximum atomic E-state index is 12.7. The molecule has 0 aliphatic carbocycles. The van der Waals surface area contributed by atoms with Crippen LogP contribution in [0, 0.1) is 5.92 Å². The molecule has 10 heteroatoms. The Kier molecular flexibility index (Phi) is 6.96. The molecule has 2 amide bonds. The molecule has 2 saturated heterocycles. The highest BCUT2D eigenvalue weighted by atomic mass is 32.2. The highest BCUT2D eigenvalue weighted by Gasteiger charge is 2.35. The van der Waals surface area contributed by atoms with E-state index in [1.807, 2.05) is 0 Å². The average Bonchev–Trinajstić information content (AvgIpc) is 3.48. The van der Waals surface area contributed by atoms with Gasteiger partial charge in [-0.05, 0) is 49.2 Å². The Morgan fingerprint density at radius 2 is 2.00 bits per heavy atom. The zero-order valence-corrected chi connectivity index (χ0v) is 19.1. The van der Waals surface area contributed by atoms with Gasteiger partial charge in [-0.3, -0.25) is 9.59 Å². The van der Waals surface area contributed by atoms with Crippen LogP contribution in [0.1, 0.15) is 19.3 Å². The summed E-state index contributed by atoms with van der Waals surface area (Å²) in [5, 5.41) is 2.78. The summed E-state index contributed by atoms with van der Waals surface area (Å²) in [5.74, 6) is -0.309. The predicted molar refractivity (Wildman–Crippen MR) is 123 cm³/mol. The Bertz CT molecular complexity index is 1110. The van der Waals surface area contributed by atoms with Crippen molar-refractivity contribution in [1.82, 2.24) is 4.72 Å². The number of carbonyl (C=O) groups excluding carboxylic acids is 2. The van der Waals surface area contributed by atoms with Crippen LogP contribution in [0.4, 0.5) is 11.4 Å². The van der Waals surface area contributed by atoms with Gasteiger partial charge in [0.15, 0.2) is 0 Å². The molecular weight excluding hydrogens is 446 g/mol.